The number of amides is 1. The fourth-order valence-corrected chi connectivity index (χ4v) is 1.69. The first-order valence-corrected chi connectivity index (χ1v) is 5.49. The molecule has 0 aliphatic rings. The fraction of sp³-hybridized carbons (Fsp3) is 0.231. The van der Waals surface area contributed by atoms with E-state index in [1.54, 1.807) is 23.9 Å². The first kappa shape index (κ1) is 11.4. The van der Waals surface area contributed by atoms with Gasteiger partial charge in [0.05, 0.1) is 0 Å². The largest absolute Gasteiger partial charge is 0.368 e. The molecule has 1 heterocycles. The van der Waals surface area contributed by atoms with E-state index in [-0.39, 0.29) is 5.91 Å². The molecule has 1 aromatic carbocycles. The molecule has 0 spiro atoms. The molecule has 88 valence electrons. The van der Waals surface area contributed by atoms with Crippen LogP contribution in [0.5, 0.6) is 0 Å². The molecule has 2 rings (SSSR count). The van der Waals surface area contributed by atoms with Crippen LogP contribution in [-0.2, 0) is 4.79 Å². The van der Waals surface area contributed by atoms with Crippen molar-refractivity contribution in [1.29, 1.82) is 0 Å². The van der Waals surface area contributed by atoms with Crippen LogP contribution in [0.25, 0.3) is 11.4 Å². The van der Waals surface area contributed by atoms with E-state index in [4.69, 9.17) is 5.73 Å². The third-order valence-corrected chi connectivity index (χ3v) is 2.81. The maximum atomic E-state index is 11.2. The van der Waals surface area contributed by atoms with Crippen LogP contribution in [0.4, 0.5) is 0 Å². The van der Waals surface area contributed by atoms with Gasteiger partial charge in [0.2, 0.25) is 5.91 Å². The molecular weight excluding hydrogens is 214 g/mol. The van der Waals surface area contributed by atoms with Gasteiger partial charge in [0.1, 0.15) is 11.9 Å². The van der Waals surface area contributed by atoms with Crippen LogP contribution in [0.3, 0.4) is 0 Å². The Balaban J connectivity index is 2.43. The number of hydrogen-bond donors (Lipinski definition) is 1. The first-order chi connectivity index (χ1) is 8.09. The van der Waals surface area contributed by atoms with Crippen LogP contribution in [0.15, 0.2) is 36.7 Å². The Morgan fingerprint density at radius 1 is 1.35 bits per heavy atom. The van der Waals surface area contributed by atoms with Gasteiger partial charge < -0.3 is 10.3 Å². The molecule has 1 aromatic heterocycles. The van der Waals surface area contributed by atoms with Gasteiger partial charge in [-0.3, -0.25) is 4.79 Å². The average Bonchev–Trinajstić information content (AvgIpc) is 2.77. The Hall–Kier alpha value is -2.10. The number of primary amides is 1. The van der Waals surface area contributed by atoms with Gasteiger partial charge in [-0.1, -0.05) is 29.8 Å². The summed E-state index contributed by atoms with van der Waals surface area (Å²) in [6, 6.07) is 7.62. The maximum Gasteiger partial charge on any atom is 0.240 e. The van der Waals surface area contributed by atoms with E-state index in [0.29, 0.717) is 0 Å². The first-order valence-electron chi connectivity index (χ1n) is 5.49. The number of hydrogen-bond acceptors (Lipinski definition) is 2. The average molecular weight is 229 g/mol. The summed E-state index contributed by atoms with van der Waals surface area (Å²) in [5, 5.41) is 0. The number of carbonyl (C=O) groups excluding carboxylic acids is 1. The summed E-state index contributed by atoms with van der Waals surface area (Å²) in [7, 11) is 0. The Morgan fingerprint density at radius 2 is 2.00 bits per heavy atom. The zero-order valence-electron chi connectivity index (χ0n) is 9.92. The minimum atomic E-state index is -0.395. The van der Waals surface area contributed by atoms with Crippen molar-refractivity contribution in [3.8, 4) is 11.4 Å². The zero-order valence-corrected chi connectivity index (χ0v) is 9.92. The van der Waals surface area contributed by atoms with Gasteiger partial charge in [-0.15, -0.1) is 0 Å². The Kier molecular flexibility index (Phi) is 2.95. The van der Waals surface area contributed by atoms with Crippen LogP contribution in [0.1, 0.15) is 18.5 Å². The molecule has 2 N–H and O–H groups in total. The summed E-state index contributed by atoms with van der Waals surface area (Å²) in [5.74, 6) is 0.396. The van der Waals surface area contributed by atoms with Crippen LogP contribution in [0.2, 0.25) is 0 Å². The van der Waals surface area contributed by atoms with E-state index < -0.39 is 6.04 Å². The van der Waals surface area contributed by atoms with E-state index in [0.717, 1.165) is 11.4 Å². The van der Waals surface area contributed by atoms with Crippen LogP contribution < -0.4 is 5.73 Å². The normalized spacial score (nSPS) is 12.4. The molecule has 2 aromatic rings. The Bertz CT molecular complexity index is 528. The second-order valence-electron chi connectivity index (χ2n) is 4.10. The van der Waals surface area contributed by atoms with Gasteiger partial charge in [0.25, 0.3) is 0 Å². The number of carbonyl (C=O) groups is 1. The monoisotopic (exact) mass is 229 g/mol. The molecule has 0 bridgehead atoms. The highest BCUT2D eigenvalue weighted by Crippen LogP contribution is 2.21. The van der Waals surface area contributed by atoms with E-state index in [1.807, 2.05) is 31.2 Å². The van der Waals surface area contributed by atoms with Crippen molar-refractivity contribution in [2.24, 2.45) is 5.73 Å². The zero-order chi connectivity index (χ0) is 12.4. The van der Waals surface area contributed by atoms with Gasteiger partial charge in [0.15, 0.2) is 0 Å². The lowest BCUT2D eigenvalue weighted by atomic mass is 10.1. The van der Waals surface area contributed by atoms with E-state index in [9.17, 15) is 4.79 Å². The Labute approximate surface area is 100 Å². The summed E-state index contributed by atoms with van der Waals surface area (Å²) < 4.78 is 1.78. The molecule has 0 saturated carbocycles. The summed E-state index contributed by atoms with van der Waals surface area (Å²) in [4.78, 5) is 15.5. The fourth-order valence-electron chi connectivity index (χ4n) is 1.69. The molecule has 0 aliphatic heterocycles. The number of imidazole rings is 1. The molecule has 4 nitrogen and oxygen atoms in total. The topological polar surface area (TPSA) is 60.9 Å². The summed E-state index contributed by atoms with van der Waals surface area (Å²) in [6.45, 7) is 3.80. The number of aryl methyl sites for hydroxylation is 1. The molecule has 1 atom stereocenters. The molecule has 1 amide bonds. The number of benzene rings is 1. The molecule has 0 saturated heterocycles. The quantitative estimate of drug-likeness (QED) is 0.873. The lowest BCUT2D eigenvalue weighted by molar-refractivity contribution is -0.120. The van der Waals surface area contributed by atoms with Crippen molar-refractivity contribution in [2.75, 3.05) is 0 Å². The molecule has 1 unspecified atom stereocenters. The third kappa shape index (κ3) is 2.20. The SMILES string of the molecule is Cc1ccc(-c2nccn2C(C)C(N)=O)cc1. The van der Waals surface area contributed by atoms with Crippen LogP contribution in [0, 0.1) is 6.92 Å². The van der Waals surface area contributed by atoms with Crippen molar-refractivity contribution < 1.29 is 4.79 Å². The summed E-state index contributed by atoms with van der Waals surface area (Å²) >= 11 is 0. The number of nitrogens with two attached hydrogens (primary N) is 1. The van der Waals surface area contributed by atoms with Crippen molar-refractivity contribution >= 4 is 5.91 Å². The van der Waals surface area contributed by atoms with Gasteiger partial charge >= 0.3 is 0 Å². The van der Waals surface area contributed by atoms with E-state index in [1.165, 1.54) is 5.56 Å². The molecule has 17 heavy (non-hydrogen) atoms. The van der Waals surface area contributed by atoms with Crippen LogP contribution >= 0.6 is 0 Å². The predicted molar refractivity (Wildman–Crippen MR) is 66.3 cm³/mol. The highest BCUT2D eigenvalue weighted by atomic mass is 16.1. The number of nitrogens with zero attached hydrogens (tertiary/aromatic N) is 2. The van der Waals surface area contributed by atoms with E-state index >= 15 is 0 Å². The lowest BCUT2D eigenvalue weighted by Crippen LogP contribution is -2.24. The smallest absolute Gasteiger partial charge is 0.240 e. The highest BCUT2D eigenvalue weighted by Gasteiger charge is 2.15. The van der Waals surface area contributed by atoms with Gasteiger partial charge in [0, 0.05) is 18.0 Å². The lowest BCUT2D eigenvalue weighted by Gasteiger charge is -2.13. The maximum absolute atomic E-state index is 11.2. The van der Waals surface area contributed by atoms with Crippen molar-refractivity contribution in [1.82, 2.24) is 9.55 Å². The van der Waals surface area contributed by atoms with Crippen molar-refractivity contribution in [3.05, 3.63) is 42.2 Å². The Morgan fingerprint density at radius 3 is 2.59 bits per heavy atom. The second-order valence-corrected chi connectivity index (χ2v) is 4.10. The van der Waals surface area contributed by atoms with Gasteiger partial charge in [-0.25, -0.2) is 4.98 Å². The van der Waals surface area contributed by atoms with Crippen LogP contribution in [-0.4, -0.2) is 15.5 Å². The molecule has 4 heteroatoms. The van der Waals surface area contributed by atoms with E-state index in [2.05, 4.69) is 4.98 Å². The molecule has 0 aliphatic carbocycles. The third-order valence-electron chi connectivity index (χ3n) is 2.81. The standard InChI is InChI=1S/C13H15N3O/c1-9-3-5-11(6-4-9)13-15-7-8-16(13)10(2)12(14)17/h3-8,10H,1-2H3,(H2,14,17). The van der Waals surface area contributed by atoms with Gasteiger partial charge in [-0.05, 0) is 13.8 Å². The minimum absolute atomic E-state index is 0.364. The summed E-state index contributed by atoms with van der Waals surface area (Å²) in [6.07, 6.45) is 3.44. The molecule has 0 radical (unpaired) electrons. The number of rotatable bonds is 3. The predicted octanol–water partition coefficient (Wildman–Crippen LogP) is 1.90. The van der Waals surface area contributed by atoms with Crippen molar-refractivity contribution in [2.45, 2.75) is 19.9 Å². The number of aromatic nitrogens is 2. The van der Waals surface area contributed by atoms with Gasteiger partial charge in [-0.2, -0.15) is 0 Å². The minimum Gasteiger partial charge on any atom is -0.368 e. The molecule has 0 fully saturated rings. The molecular formula is C13H15N3O. The van der Waals surface area contributed by atoms with Crippen molar-refractivity contribution in [3.63, 3.8) is 0 Å². The highest BCUT2D eigenvalue weighted by molar-refractivity contribution is 5.78. The summed E-state index contributed by atoms with van der Waals surface area (Å²) in [5.41, 5.74) is 7.48. The second kappa shape index (κ2) is 4.41.